The molecule has 134 valence electrons. The molecule has 1 heterocycles. The van der Waals surface area contributed by atoms with Crippen molar-refractivity contribution in [2.75, 3.05) is 33.4 Å². The maximum Gasteiger partial charge on any atom is 0.401 e. The number of alkyl halides is 3. The summed E-state index contributed by atoms with van der Waals surface area (Å²) >= 11 is 0. The fourth-order valence-electron chi connectivity index (χ4n) is 2.74. The number of rotatable bonds is 5. The summed E-state index contributed by atoms with van der Waals surface area (Å²) in [6, 6.07) is 4.57. The minimum Gasteiger partial charge on any atom is -0.496 e. The number of halogens is 3. The summed E-state index contributed by atoms with van der Waals surface area (Å²) in [5.41, 5.74) is 1.69. The Bertz CT molecular complexity index is 578. The largest absolute Gasteiger partial charge is 0.496 e. The number of hydrogen-bond acceptors (Lipinski definition) is 4. The number of hydrogen-bond donors (Lipinski definition) is 1. The number of morpholine rings is 1. The molecular formula is C16H21F3N2O3. The SMILES string of the molecule is COc1c(C)cccc1CNC(=O)C1COCCN1CC(F)(F)F. The first-order valence-corrected chi connectivity index (χ1v) is 7.60. The summed E-state index contributed by atoms with van der Waals surface area (Å²) in [6.07, 6.45) is -4.35. The molecule has 1 aliphatic rings. The number of ether oxygens (including phenoxy) is 2. The quantitative estimate of drug-likeness (QED) is 0.885. The monoisotopic (exact) mass is 346 g/mol. The molecule has 8 heteroatoms. The van der Waals surface area contributed by atoms with Crippen molar-refractivity contribution in [3.8, 4) is 5.75 Å². The highest BCUT2D eigenvalue weighted by Crippen LogP contribution is 2.23. The molecule has 5 nitrogen and oxygen atoms in total. The zero-order valence-corrected chi connectivity index (χ0v) is 13.7. The van der Waals surface area contributed by atoms with E-state index in [2.05, 4.69) is 5.32 Å². The van der Waals surface area contributed by atoms with Crippen molar-refractivity contribution in [2.45, 2.75) is 25.7 Å². The smallest absolute Gasteiger partial charge is 0.401 e. The van der Waals surface area contributed by atoms with E-state index in [-0.39, 0.29) is 26.3 Å². The Morgan fingerprint density at radius 3 is 2.88 bits per heavy atom. The summed E-state index contributed by atoms with van der Waals surface area (Å²) in [4.78, 5) is 13.4. The number of aryl methyl sites for hydroxylation is 1. The van der Waals surface area contributed by atoms with Gasteiger partial charge < -0.3 is 14.8 Å². The maximum absolute atomic E-state index is 12.6. The third-order valence-electron chi connectivity index (χ3n) is 3.87. The Morgan fingerprint density at radius 2 is 2.21 bits per heavy atom. The van der Waals surface area contributed by atoms with Gasteiger partial charge in [-0.05, 0) is 12.5 Å². The van der Waals surface area contributed by atoms with Gasteiger partial charge in [-0.2, -0.15) is 13.2 Å². The Kier molecular flexibility index (Phi) is 6.06. The van der Waals surface area contributed by atoms with Crippen LogP contribution in [0.3, 0.4) is 0 Å². The van der Waals surface area contributed by atoms with Crippen LogP contribution in [0, 0.1) is 6.92 Å². The van der Waals surface area contributed by atoms with Crippen LogP contribution in [0.5, 0.6) is 5.75 Å². The van der Waals surface area contributed by atoms with Crippen LogP contribution in [0.25, 0.3) is 0 Å². The Morgan fingerprint density at radius 1 is 1.46 bits per heavy atom. The molecule has 0 saturated carbocycles. The van der Waals surface area contributed by atoms with Crippen molar-refractivity contribution in [1.82, 2.24) is 10.2 Å². The van der Waals surface area contributed by atoms with Crippen LogP contribution in [-0.2, 0) is 16.1 Å². The second-order valence-electron chi connectivity index (χ2n) is 5.66. The summed E-state index contributed by atoms with van der Waals surface area (Å²) in [6.45, 7) is 1.15. The maximum atomic E-state index is 12.6. The average molecular weight is 346 g/mol. The molecule has 1 saturated heterocycles. The Balaban J connectivity index is 2.01. The predicted molar refractivity (Wildman–Crippen MR) is 81.8 cm³/mol. The second-order valence-corrected chi connectivity index (χ2v) is 5.66. The van der Waals surface area contributed by atoms with Gasteiger partial charge in [0.2, 0.25) is 5.91 Å². The van der Waals surface area contributed by atoms with E-state index in [4.69, 9.17) is 9.47 Å². The second kappa shape index (κ2) is 7.85. The lowest BCUT2D eigenvalue weighted by molar-refractivity contribution is -0.166. The highest BCUT2D eigenvalue weighted by Gasteiger charge is 2.38. The van der Waals surface area contributed by atoms with E-state index in [0.29, 0.717) is 5.75 Å². The van der Waals surface area contributed by atoms with Crippen LogP contribution in [-0.4, -0.2) is 56.4 Å². The van der Waals surface area contributed by atoms with Crippen molar-refractivity contribution in [1.29, 1.82) is 0 Å². The fraction of sp³-hybridized carbons (Fsp3) is 0.562. The van der Waals surface area contributed by atoms with E-state index in [0.717, 1.165) is 16.0 Å². The van der Waals surface area contributed by atoms with E-state index in [1.165, 1.54) is 7.11 Å². The fourth-order valence-corrected chi connectivity index (χ4v) is 2.74. The number of nitrogens with one attached hydrogen (secondary N) is 1. The lowest BCUT2D eigenvalue weighted by atomic mass is 10.1. The molecular weight excluding hydrogens is 325 g/mol. The molecule has 24 heavy (non-hydrogen) atoms. The van der Waals surface area contributed by atoms with E-state index in [9.17, 15) is 18.0 Å². The molecule has 1 aromatic carbocycles. The predicted octanol–water partition coefficient (Wildman–Crippen LogP) is 1.88. The number of amides is 1. The molecule has 0 aliphatic carbocycles. The van der Waals surface area contributed by atoms with Gasteiger partial charge in [0, 0.05) is 18.7 Å². The van der Waals surface area contributed by atoms with Gasteiger partial charge >= 0.3 is 6.18 Å². The van der Waals surface area contributed by atoms with E-state index >= 15 is 0 Å². The third-order valence-corrected chi connectivity index (χ3v) is 3.87. The number of methoxy groups -OCH3 is 1. The average Bonchev–Trinajstić information content (AvgIpc) is 2.51. The first kappa shape index (κ1) is 18.5. The molecule has 1 aromatic rings. The number of nitrogens with zero attached hydrogens (tertiary/aromatic N) is 1. The first-order valence-electron chi connectivity index (χ1n) is 7.60. The van der Waals surface area contributed by atoms with Crippen molar-refractivity contribution in [3.63, 3.8) is 0 Å². The first-order chi connectivity index (χ1) is 11.3. The number of para-hydroxylation sites is 1. The highest BCUT2D eigenvalue weighted by atomic mass is 19.4. The summed E-state index contributed by atoms with van der Waals surface area (Å²) < 4.78 is 48.4. The minimum atomic E-state index is -4.35. The Labute approximate surface area is 138 Å². The van der Waals surface area contributed by atoms with Gasteiger partial charge in [-0.25, -0.2) is 0 Å². The van der Waals surface area contributed by atoms with Crippen molar-refractivity contribution in [2.24, 2.45) is 0 Å². The molecule has 1 fully saturated rings. The molecule has 1 aliphatic heterocycles. The zero-order valence-electron chi connectivity index (χ0n) is 13.7. The number of carbonyl (C=O) groups is 1. The van der Waals surface area contributed by atoms with Gasteiger partial charge in [-0.3, -0.25) is 9.69 Å². The van der Waals surface area contributed by atoms with Crippen LogP contribution in [0.15, 0.2) is 18.2 Å². The summed E-state index contributed by atoms with van der Waals surface area (Å²) in [7, 11) is 1.54. The summed E-state index contributed by atoms with van der Waals surface area (Å²) in [5, 5.41) is 2.68. The van der Waals surface area contributed by atoms with Gasteiger partial charge in [0.15, 0.2) is 0 Å². The normalized spacial score (nSPS) is 19.1. The van der Waals surface area contributed by atoms with Crippen LogP contribution in [0.2, 0.25) is 0 Å². The molecule has 0 bridgehead atoms. The molecule has 1 N–H and O–H groups in total. The highest BCUT2D eigenvalue weighted by molar-refractivity contribution is 5.82. The lowest BCUT2D eigenvalue weighted by Crippen LogP contribution is -2.55. The van der Waals surface area contributed by atoms with Gasteiger partial charge in [-0.15, -0.1) is 0 Å². The van der Waals surface area contributed by atoms with E-state index in [1.807, 2.05) is 19.1 Å². The van der Waals surface area contributed by atoms with Gasteiger partial charge in [0.1, 0.15) is 11.8 Å². The van der Waals surface area contributed by atoms with Gasteiger partial charge in [0.05, 0.1) is 26.9 Å². The van der Waals surface area contributed by atoms with Gasteiger partial charge in [-0.1, -0.05) is 18.2 Å². The standard InChI is InChI=1S/C16H21F3N2O3/c1-11-4-3-5-12(14(11)23-2)8-20-15(22)13-9-24-7-6-21(13)10-16(17,18)19/h3-5,13H,6-10H2,1-2H3,(H,20,22). The van der Waals surface area contributed by atoms with Crippen LogP contribution >= 0.6 is 0 Å². The third kappa shape index (κ3) is 4.85. The zero-order chi connectivity index (χ0) is 17.7. The molecule has 1 amide bonds. The van der Waals surface area contributed by atoms with Crippen LogP contribution in [0.1, 0.15) is 11.1 Å². The molecule has 1 unspecified atom stereocenters. The summed E-state index contributed by atoms with van der Waals surface area (Å²) in [5.74, 6) is 0.173. The molecule has 2 rings (SSSR count). The molecule has 0 aromatic heterocycles. The van der Waals surface area contributed by atoms with E-state index in [1.54, 1.807) is 6.07 Å². The molecule has 1 atom stereocenters. The Hall–Kier alpha value is -1.80. The number of benzene rings is 1. The van der Waals surface area contributed by atoms with Crippen molar-refractivity contribution in [3.05, 3.63) is 29.3 Å². The number of carbonyl (C=O) groups excluding carboxylic acids is 1. The molecule has 0 radical (unpaired) electrons. The van der Waals surface area contributed by atoms with E-state index < -0.39 is 24.7 Å². The topological polar surface area (TPSA) is 50.8 Å². The lowest BCUT2D eigenvalue weighted by Gasteiger charge is -2.34. The minimum absolute atomic E-state index is 0.0487. The molecule has 0 spiro atoms. The van der Waals surface area contributed by atoms with Crippen LogP contribution in [0.4, 0.5) is 13.2 Å². The van der Waals surface area contributed by atoms with Gasteiger partial charge in [0.25, 0.3) is 0 Å². The van der Waals surface area contributed by atoms with Crippen molar-refractivity contribution >= 4 is 5.91 Å². The van der Waals surface area contributed by atoms with Crippen LogP contribution < -0.4 is 10.1 Å². The van der Waals surface area contributed by atoms with Crippen molar-refractivity contribution < 1.29 is 27.4 Å².